The van der Waals surface area contributed by atoms with E-state index in [4.69, 9.17) is 4.74 Å². The molecule has 26 nitrogen and oxygen atoms in total. The van der Waals surface area contributed by atoms with Crippen LogP contribution in [0.5, 0.6) is 5.75 Å². The molecule has 0 radical (unpaired) electrons. The van der Waals surface area contributed by atoms with Crippen molar-refractivity contribution in [3.8, 4) is 5.75 Å². The van der Waals surface area contributed by atoms with E-state index in [9.17, 15) is 68.4 Å². The average molecular weight is 1220 g/mol. The Morgan fingerprint density at radius 3 is 1.74 bits per heavy atom. The minimum Gasteiger partial charge on any atom is -0.508 e. The molecule has 0 aliphatic carbocycles. The number of fused-ring (bicyclic) bond motifs is 4. The van der Waals surface area contributed by atoms with E-state index in [0.29, 0.717) is 17.5 Å². The van der Waals surface area contributed by atoms with Crippen LogP contribution >= 0.6 is 0 Å². The molecule has 0 aromatic heterocycles. The lowest BCUT2D eigenvalue weighted by atomic mass is 9.95. The Morgan fingerprint density at radius 1 is 0.644 bits per heavy atom. The number of nitrogens with zero attached hydrogens (tertiary/aromatic N) is 5. The number of aromatic hydroxyl groups is 1. The van der Waals surface area contributed by atoms with Crippen LogP contribution < -0.4 is 26.6 Å². The van der Waals surface area contributed by atoms with Crippen molar-refractivity contribution in [3.63, 3.8) is 0 Å². The number of esters is 1. The van der Waals surface area contributed by atoms with Gasteiger partial charge in [0.15, 0.2) is 0 Å². The first kappa shape index (κ1) is 66.8. The second-order valence-corrected chi connectivity index (χ2v) is 24.8. The summed E-state index contributed by atoms with van der Waals surface area (Å²) in [4.78, 5) is 166. The molecule has 0 saturated carbocycles. The van der Waals surface area contributed by atoms with E-state index in [1.54, 1.807) is 58.0 Å². The van der Waals surface area contributed by atoms with Gasteiger partial charge in [0.05, 0.1) is 18.8 Å². The van der Waals surface area contributed by atoms with Crippen molar-refractivity contribution in [2.45, 2.75) is 172 Å². The summed E-state index contributed by atoms with van der Waals surface area (Å²) in [7, 11) is 1.42. The standard InChI is InChI=1S/C61H86N10O16/c1-9-35(6)51-56(81)63-43(22-38-15-17-39(74)18-16-38)52(77)64-44(30-72)57(82)70-28-40(75)24-48(70)60(85)71-29-41(76)25-49(71)59(84)69-27-34(5)21-50(69)61(86)87-31-45(65-54(79)46(67(8)36(7)73)23-37-13-11-10-12-14-37)58(83)68-26-33(4)20-47(68)55(80)62-42(19-32(2)3)53(78)66-51/h10-18,32-35,40-51,72,74-76H,9,19-31H2,1-8H3,(H,62,80)(H,63,81)(H,64,77)(H,65,79)(H,66,78). The zero-order valence-electron chi connectivity index (χ0n) is 50.8. The van der Waals surface area contributed by atoms with Gasteiger partial charge < -0.3 is 76.2 Å². The number of phenolic OH excluding ortho intramolecular Hbond substituents is 1. The molecule has 5 saturated heterocycles. The minimum atomic E-state index is -1.77. The number of ether oxygens (including phenoxy) is 1. The van der Waals surface area contributed by atoms with E-state index in [-0.39, 0.29) is 88.1 Å². The van der Waals surface area contributed by atoms with Gasteiger partial charge in [-0.05, 0) is 66.2 Å². The molecule has 0 bridgehead atoms. The summed E-state index contributed by atoms with van der Waals surface area (Å²) in [5.74, 6) is -10.7. The molecular formula is C61H86N10O16. The molecule has 5 aliphatic heterocycles. The molecular weight excluding hydrogens is 1130 g/mol. The van der Waals surface area contributed by atoms with Crippen LogP contribution in [0.2, 0.25) is 0 Å². The SMILES string of the molecule is CCC(C)C1NC(=O)C(CC(C)C)NC(=O)C2CC(C)CN2C(=O)C(NC(=O)C(Cc2ccccc2)N(C)C(C)=O)COC(=O)C2CC(C)CN2C(=O)C2CC(O)CN2C(=O)C2CC(O)CN2C(=O)C(CO)NC(=O)C(Cc2ccc(O)cc2)NC1=O. The summed E-state index contributed by atoms with van der Waals surface area (Å²) >= 11 is 0. The van der Waals surface area contributed by atoms with Gasteiger partial charge in [0.25, 0.3) is 0 Å². The van der Waals surface area contributed by atoms with Crippen LogP contribution in [0, 0.1) is 23.7 Å². The Labute approximate surface area is 506 Å². The highest BCUT2D eigenvalue weighted by Gasteiger charge is 2.51. The van der Waals surface area contributed by atoms with Gasteiger partial charge in [-0.2, -0.15) is 0 Å². The number of hydrogen-bond donors (Lipinski definition) is 9. The summed E-state index contributed by atoms with van der Waals surface area (Å²) in [6.45, 7) is 9.20. The van der Waals surface area contributed by atoms with Gasteiger partial charge in [-0.1, -0.05) is 90.4 Å². The Bertz CT molecular complexity index is 2860. The second kappa shape index (κ2) is 29.3. The largest absolute Gasteiger partial charge is 0.508 e. The fourth-order valence-corrected chi connectivity index (χ4v) is 12.3. The predicted molar refractivity (Wildman–Crippen MR) is 312 cm³/mol. The molecule has 15 atom stereocenters. The Hall–Kier alpha value is -7.71. The summed E-state index contributed by atoms with van der Waals surface area (Å²) in [5, 5.41) is 56.5. The lowest BCUT2D eigenvalue weighted by Gasteiger charge is -2.35. The third-order valence-corrected chi connectivity index (χ3v) is 17.3. The lowest BCUT2D eigenvalue weighted by Crippen LogP contribution is -2.62. The molecule has 0 spiro atoms. The van der Waals surface area contributed by atoms with E-state index in [2.05, 4.69) is 26.6 Å². The van der Waals surface area contributed by atoms with Gasteiger partial charge >= 0.3 is 5.97 Å². The Balaban J connectivity index is 1.29. The molecule has 7 rings (SSSR count). The smallest absolute Gasteiger partial charge is 0.328 e. The van der Waals surface area contributed by atoms with Gasteiger partial charge in [-0.25, -0.2) is 4.79 Å². The van der Waals surface area contributed by atoms with Crippen molar-refractivity contribution in [1.82, 2.24) is 51.1 Å². The molecule has 2 aromatic carbocycles. The van der Waals surface area contributed by atoms with E-state index < -0.39 is 163 Å². The third kappa shape index (κ3) is 16.3. The van der Waals surface area contributed by atoms with Gasteiger partial charge in [0, 0.05) is 65.8 Å². The lowest BCUT2D eigenvalue weighted by molar-refractivity contribution is -0.158. The first-order valence-corrected chi connectivity index (χ1v) is 30.1. The van der Waals surface area contributed by atoms with E-state index in [0.717, 1.165) is 9.80 Å². The molecule has 10 amide bonds. The summed E-state index contributed by atoms with van der Waals surface area (Å²) in [5.41, 5.74) is 1.11. The summed E-state index contributed by atoms with van der Waals surface area (Å²) in [6, 6.07) is 0.222. The number of carbonyl (C=O) groups excluding carboxylic acids is 11. The number of cyclic esters (lactones) is 1. The fourth-order valence-electron chi connectivity index (χ4n) is 12.3. The number of hydrogen-bond acceptors (Lipinski definition) is 16. The predicted octanol–water partition coefficient (Wildman–Crippen LogP) is -1.51. The maximum atomic E-state index is 15.2. The molecule has 5 fully saturated rings. The van der Waals surface area contributed by atoms with Crippen molar-refractivity contribution < 1.29 is 77.9 Å². The van der Waals surface area contributed by atoms with E-state index in [1.807, 2.05) is 13.8 Å². The number of aliphatic hydroxyl groups is 3. The summed E-state index contributed by atoms with van der Waals surface area (Å²) < 4.78 is 5.93. The topological polar surface area (TPSA) is 354 Å². The molecule has 2 aromatic rings. The van der Waals surface area contributed by atoms with Crippen LogP contribution in [0.3, 0.4) is 0 Å². The number of benzene rings is 2. The number of rotatable bonds is 12. The first-order valence-electron chi connectivity index (χ1n) is 30.1. The van der Waals surface area contributed by atoms with Gasteiger partial charge in [0.2, 0.25) is 59.1 Å². The fraction of sp³-hybridized carbons (Fsp3) is 0.623. The number of phenols is 1. The molecule has 5 aliphatic rings. The number of likely N-dealkylation sites (N-methyl/N-ethyl adjacent to an activating group) is 1. The normalized spacial score (nSPS) is 30.0. The number of aliphatic hydroxyl groups excluding tert-OH is 3. The number of nitrogens with one attached hydrogen (secondary N) is 5. The molecule has 5 heterocycles. The van der Waals surface area contributed by atoms with Crippen molar-refractivity contribution in [1.29, 1.82) is 0 Å². The summed E-state index contributed by atoms with van der Waals surface area (Å²) in [6.07, 6.45) is -2.89. The van der Waals surface area contributed by atoms with Crippen molar-refractivity contribution in [3.05, 3.63) is 65.7 Å². The molecule has 476 valence electrons. The zero-order valence-corrected chi connectivity index (χ0v) is 50.8. The molecule has 15 unspecified atom stereocenters. The zero-order chi connectivity index (χ0) is 63.7. The molecule has 9 N–H and O–H groups in total. The van der Waals surface area contributed by atoms with Crippen molar-refractivity contribution in [2.75, 3.05) is 46.4 Å². The van der Waals surface area contributed by atoms with E-state index in [1.165, 1.54) is 52.9 Å². The first-order chi connectivity index (χ1) is 41.2. The molecule has 87 heavy (non-hydrogen) atoms. The number of amides is 10. The maximum absolute atomic E-state index is 15.2. The van der Waals surface area contributed by atoms with Crippen LogP contribution in [0.15, 0.2) is 54.6 Å². The third-order valence-electron chi connectivity index (χ3n) is 17.3. The van der Waals surface area contributed by atoms with Crippen LogP contribution in [0.1, 0.15) is 98.1 Å². The highest BCUT2D eigenvalue weighted by atomic mass is 16.5. The second-order valence-electron chi connectivity index (χ2n) is 24.8. The number of carbonyl (C=O) groups is 11. The van der Waals surface area contributed by atoms with Gasteiger partial charge in [-0.3, -0.25) is 47.9 Å². The van der Waals surface area contributed by atoms with E-state index >= 15 is 4.79 Å². The minimum absolute atomic E-state index is 0.00900. The van der Waals surface area contributed by atoms with Crippen LogP contribution in [-0.4, -0.2) is 229 Å². The Morgan fingerprint density at radius 2 is 1.17 bits per heavy atom. The highest BCUT2D eigenvalue weighted by molar-refractivity contribution is 6.00. The quantitative estimate of drug-likeness (QED) is 0.109. The average Bonchev–Trinajstić information content (AvgIpc) is 1.98. The van der Waals surface area contributed by atoms with Crippen molar-refractivity contribution >= 4 is 65.0 Å². The monoisotopic (exact) mass is 1210 g/mol. The highest BCUT2D eigenvalue weighted by Crippen LogP contribution is 2.32. The van der Waals surface area contributed by atoms with Crippen LogP contribution in [-0.2, 0) is 70.3 Å². The molecule has 26 heteroatoms. The Kier molecular flexibility index (Phi) is 22.5. The van der Waals surface area contributed by atoms with Gasteiger partial charge in [0.1, 0.15) is 72.8 Å². The van der Waals surface area contributed by atoms with Crippen molar-refractivity contribution in [2.24, 2.45) is 23.7 Å². The maximum Gasteiger partial charge on any atom is 0.328 e. The van der Waals surface area contributed by atoms with Crippen LogP contribution in [0.4, 0.5) is 0 Å². The van der Waals surface area contributed by atoms with Crippen LogP contribution in [0.25, 0.3) is 0 Å². The van der Waals surface area contributed by atoms with Gasteiger partial charge in [-0.15, -0.1) is 0 Å².